The molecule has 0 saturated heterocycles. The Balaban J connectivity index is 2.13. The summed E-state index contributed by atoms with van der Waals surface area (Å²) in [5.74, 6) is -0.970. The van der Waals surface area contributed by atoms with Crippen molar-refractivity contribution >= 4 is 39.1 Å². The Morgan fingerprint density at radius 2 is 1.71 bits per heavy atom. The highest BCUT2D eigenvalue weighted by atomic mass is 35.5. The fourth-order valence-corrected chi connectivity index (χ4v) is 4.47. The molecule has 0 radical (unpaired) electrons. The predicted molar refractivity (Wildman–Crippen MR) is 133 cm³/mol. The maximum Gasteiger partial charge on any atom is 0.242 e. The second kappa shape index (κ2) is 12.7. The van der Waals surface area contributed by atoms with E-state index in [1.807, 2.05) is 6.92 Å². The minimum Gasteiger partial charge on any atom is -0.354 e. The molecule has 1 unspecified atom stereocenters. The Hall–Kier alpha value is -2.65. The Bertz CT molecular complexity index is 1060. The third kappa shape index (κ3) is 8.29. The summed E-state index contributed by atoms with van der Waals surface area (Å²) >= 11 is 5.90. The van der Waals surface area contributed by atoms with E-state index >= 15 is 0 Å². The minimum absolute atomic E-state index is 0.0339. The average Bonchev–Trinajstić information content (AvgIpc) is 2.79. The molecule has 7 nitrogen and oxygen atoms in total. The smallest absolute Gasteiger partial charge is 0.242 e. The maximum atomic E-state index is 13.3. The maximum absolute atomic E-state index is 13.3. The number of carbonyl (C=O) groups excluding carboxylic acids is 2. The van der Waals surface area contributed by atoms with Crippen molar-refractivity contribution in [3.05, 3.63) is 64.9 Å². The molecule has 0 saturated carbocycles. The lowest BCUT2D eigenvalue weighted by Gasteiger charge is -2.29. The van der Waals surface area contributed by atoms with Crippen molar-refractivity contribution in [1.82, 2.24) is 10.2 Å². The van der Waals surface area contributed by atoms with Gasteiger partial charge in [0, 0.05) is 31.1 Å². The van der Waals surface area contributed by atoms with Crippen LogP contribution in [-0.4, -0.2) is 50.5 Å². The van der Waals surface area contributed by atoms with E-state index in [-0.39, 0.29) is 37.7 Å². The highest BCUT2D eigenvalue weighted by Gasteiger charge is 2.26. The zero-order chi connectivity index (χ0) is 25.3. The molecule has 0 aliphatic rings. The van der Waals surface area contributed by atoms with Crippen LogP contribution in [0.3, 0.4) is 0 Å². The molecule has 0 heterocycles. The highest BCUT2D eigenvalue weighted by Crippen LogP contribution is 2.21. The van der Waals surface area contributed by atoms with Gasteiger partial charge in [0.25, 0.3) is 0 Å². The first-order valence-corrected chi connectivity index (χ1v) is 13.3. The van der Waals surface area contributed by atoms with E-state index in [1.54, 1.807) is 43.3 Å². The Kier molecular flexibility index (Phi) is 10.3. The highest BCUT2D eigenvalue weighted by molar-refractivity contribution is 7.92. The van der Waals surface area contributed by atoms with Gasteiger partial charge in [0.2, 0.25) is 21.8 Å². The number of nitrogens with zero attached hydrogens (tertiary/aromatic N) is 2. The molecule has 1 N–H and O–H groups in total. The van der Waals surface area contributed by atoms with E-state index in [4.69, 9.17) is 11.6 Å². The molecule has 0 fully saturated rings. The van der Waals surface area contributed by atoms with E-state index in [0.29, 0.717) is 22.8 Å². The molecule has 2 amide bonds. The van der Waals surface area contributed by atoms with E-state index in [9.17, 15) is 22.4 Å². The molecule has 2 aromatic rings. The van der Waals surface area contributed by atoms with Crippen molar-refractivity contribution in [2.45, 2.75) is 45.7 Å². The molecular formula is C24H31ClFN3O4S. The first kappa shape index (κ1) is 27.6. The molecule has 10 heteroatoms. The number of halogens is 2. The third-order valence-corrected chi connectivity index (χ3v) is 6.70. The van der Waals surface area contributed by atoms with Crippen molar-refractivity contribution in [2.24, 2.45) is 0 Å². The topological polar surface area (TPSA) is 86.8 Å². The minimum atomic E-state index is -3.58. The van der Waals surface area contributed by atoms with Crippen LogP contribution >= 0.6 is 11.6 Å². The summed E-state index contributed by atoms with van der Waals surface area (Å²) in [6, 6.07) is 11.4. The molecule has 2 aromatic carbocycles. The molecule has 0 bridgehead atoms. The molecule has 1 atom stereocenters. The average molecular weight is 512 g/mol. The number of sulfonamides is 1. The van der Waals surface area contributed by atoms with E-state index in [1.165, 1.54) is 21.3 Å². The summed E-state index contributed by atoms with van der Waals surface area (Å²) in [6.45, 7) is 4.29. The largest absolute Gasteiger partial charge is 0.354 e. The van der Waals surface area contributed by atoms with Crippen LogP contribution in [0.1, 0.15) is 38.7 Å². The van der Waals surface area contributed by atoms with Gasteiger partial charge in [0.15, 0.2) is 0 Å². The second-order valence-electron chi connectivity index (χ2n) is 8.03. The number of nitrogens with one attached hydrogen (secondary N) is 1. The number of hydrogen-bond acceptors (Lipinski definition) is 4. The van der Waals surface area contributed by atoms with Crippen molar-refractivity contribution in [2.75, 3.05) is 23.7 Å². The van der Waals surface area contributed by atoms with Gasteiger partial charge in [-0.1, -0.05) is 30.7 Å². The lowest BCUT2D eigenvalue weighted by atomic mass is 10.1. The fourth-order valence-electron chi connectivity index (χ4n) is 3.38. The molecule has 0 spiro atoms. The van der Waals surface area contributed by atoms with Gasteiger partial charge in [0.05, 0.1) is 11.9 Å². The van der Waals surface area contributed by atoms with E-state index in [0.717, 1.165) is 12.7 Å². The number of anilines is 1. The van der Waals surface area contributed by atoms with Gasteiger partial charge < -0.3 is 10.2 Å². The Morgan fingerprint density at radius 1 is 1.09 bits per heavy atom. The number of amides is 2. The van der Waals surface area contributed by atoms with Crippen LogP contribution in [0.4, 0.5) is 10.1 Å². The van der Waals surface area contributed by atoms with E-state index < -0.39 is 21.9 Å². The molecule has 2 rings (SSSR count). The van der Waals surface area contributed by atoms with Crippen LogP contribution in [0.2, 0.25) is 5.02 Å². The Morgan fingerprint density at radius 3 is 2.26 bits per heavy atom. The van der Waals surface area contributed by atoms with Gasteiger partial charge in [-0.15, -0.1) is 0 Å². The zero-order valence-electron chi connectivity index (χ0n) is 19.6. The number of hydrogen-bond donors (Lipinski definition) is 1. The molecular weight excluding hydrogens is 481 g/mol. The second-order valence-corrected chi connectivity index (χ2v) is 10.4. The quantitative estimate of drug-likeness (QED) is 0.467. The monoisotopic (exact) mass is 511 g/mol. The van der Waals surface area contributed by atoms with Crippen LogP contribution < -0.4 is 9.62 Å². The lowest BCUT2D eigenvalue weighted by Crippen LogP contribution is -2.47. The van der Waals surface area contributed by atoms with Crippen LogP contribution in [0.5, 0.6) is 0 Å². The zero-order valence-corrected chi connectivity index (χ0v) is 21.2. The predicted octanol–water partition coefficient (Wildman–Crippen LogP) is 3.97. The van der Waals surface area contributed by atoms with Crippen molar-refractivity contribution in [3.63, 3.8) is 0 Å². The van der Waals surface area contributed by atoms with Crippen LogP contribution in [0, 0.1) is 5.82 Å². The summed E-state index contributed by atoms with van der Waals surface area (Å²) < 4.78 is 39.1. The van der Waals surface area contributed by atoms with Gasteiger partial charge >= 0.3 is 0 Å². The first-order valence-electron chi connectivity index (χ1n) is 11.1. The fraction of sp³-hybridized carbons (Fsp3) is 0.417. The summed E-state index contributed by atoms with van der Waals surface area (Å²) in [7, 11) is -3.58. The molecule has 0 aliphatic carbocycles. The number of rotatable bonds is 12. The third-order valence-electron chi connectivity index (χ3n) is 5.25. The van der Waals surface area contributed by atoms with Crippen LogP contribution in [0.15, 0.2) is 48.5 Å². The summed E-state index contributed by atoms with van der Waals surface area (Å²) in [5, 5.41) is 3.28. The normalized spacial score (nSPS) is 12.1. The van der Waals surface area contributed by atoms with Gasteiger partial charge in [-0.3, -0.25) is 13.9 Å². The summed E-state index contributed by atoms with van der Waals surface area (Å²) in [5.41, 5.74) is 1.14. The van der Waals surface area contributed by atoms with Crippen LogP contribution in [0.25, 0.3) is 0 Å². The summed E-state index contributed by atoms with van der Waals surface area (Å²) in [6.07, 6.45) is 2.14. The van der Waals surface area contributed by atoms with Gasteiger partial charge in [-0.05, 0) is 61.7 Å². The molecule has 0 aromatic heterocycles. The SMILES string of the molecule is CCCNC(=O)C(C)N(Cc1ccc(F)cc1)C(=O)CCCN(c1ccc(Cl)cc1)S(C)(=O)=O. The number of carbonyl (C=O) groups is 2. The van der Waals surface area contributed by atoms with Crippen molar-refractivity contribution < 1.29 is 22.4 Å². The molecule has 186 valence electrons. The molecule has 34 heavy (non-hydrogen) atoms. The molecule has 0 aliphatic heterocycles. The standard InChI is InChI=1S/C24H31ClFN3O4S/c1-4-15-27-24(31)18(2)28(17-19-7-11-21(26)12-8-19)23(30)6-5-16-29(34(3,32)33)22-13-9-20(25)10-14-22/h7-14,18H,4-6,15-17H2,1-3H3,(H,27,31). The first-order chi connectivity index (χ1) is 16.0. The Labute approximate surface area is 205 Å². The van der Waals surface area contributed by atoms with Gasteiger partial charge in [-0.2, -0.15) is 0 Å². The van der Waals surface area contributed by atoms with E-state index in [2.05, 4.69) is 5.32 Å². The van der Waals surface area contributed by atoms with Crippen molar-refractivity contribution in [3.8, 4) is 0 Å². The summed E-state index contributed by atoms with van der Waals surface area (Å²) in [4.78, 5) is 27.1. The van der Waals surface area contributed by atoms with Crippen LogP contribution in [-0.2, 0) is 26.2 Å². The van der Waals surface area contributed by atoms with Crippen molar-refractivity contribution in [1.29, 1.82) is 0 Å². The number of benzene rings is 2. The van der Waals surface area contributed by atoms with Gasteiger partial charge in [0.1, 0.15) is 11.9 Å². The lowest BCUT2D eigenvalue weighted by molar-refractivity contribution is -0.140. The van der Waals surface area contributed by atoms with Gasteiger partial charge in [-0.25, -0.2) is 12.8 Å².